The molecule has 6 nitrogen and oxygen atoms in total. The Morgan fingerprint density at radius 3 is 2.90 bits per heavy atom. The van der Waals surface area contributed by atoms with Crippen molar-refractivity contribution in [3.8, 4) is 0 Å². The quantitative estimate of drug-likeness (QED) is 0.589. The number of hydrogen-bond acceptors (Lipinski definition) is 4. The molecule has 0 atom stereocenters. The number of para-hydroxylation sites is 1. The second-order valence-corrected chi connectivity index (χ2v) is 4.54. The maximum atomic E-state index is 11.7. The number of carbonyl (C=O) groups excluding carboxylic acids is 2. The van der Waals surface area contributed by atoms with Crippen LogP contribution >= 0.6 is 0 Å². The molecule has 0 aliphatic carbocycles. The van der Waals surface area contributed by atoms with Crippen LogP contribution in [0.4, 0.5) is 0 Å². The third-order valence-electron chi connectivity index (χ3n) is 3.00. The van der Waals surface area contributed by atoms with Gasteiger partial charge in [-0.25, -0.2) is 0 Å². The van der Waals surface area contributed by atoms with Gasteiger partial charge in [-0.1, -0.05) is 18.2 Å². The smallest absolute Gasteiger partial charge is 0.310 e. The minimum atomic E-state index is -0.429. The number of H-pyrrole nitrogens is 1. The number of aromatic amines is 1. The van der Waals surface area contributed by atoms with Gasteiger partial charge in [0.2, 0.25) is 0 Å². The highest BCUT2D eigenvalue weighted by atomic mass is 16.5. The summed E-state index contributed by atoms with van der Waals surface area (Å²) in [5.74, 6) is -0.763. The second-order valence-electron chi connectivity index (χ2n) is 4.54. The first-order valence-electron chi connectivity index (χ1n) is 6.67. The van der Waals surface area contributed by atoms with E-state index in [2.05, 4.69) is 10.3 Å². The fourth-order valence-corrected chi connectivity index (χ4v) is 1.97. The van der Waals surface area contributed by atoms with Gasteiger partial charge in [0.05, 0.1) is 13.0 Å². The van der Waals surface area contributed by atoms with Crippen molar-refractivity contribution in [1.29, 1.82) is 0 Å². The lowest BCUT2D eigenvalue weighted by Gasteiger charge is -2.05. The number of ether oxygens (including phenoxy) is 2. The van der Waals surface area contributed by atoms with E-state index < -0.39 is 5.97 Å². The second kappa shape index (κ2) is 7.44. The lowest BCUT2D eigenvalue weighted by Crippen LogP contribution is -2.31. The molecular formula is C15H18N2O4. The predicted octanol–water partition coefficient (Wildman–Crippen LogP) is 1.02. The van der Waals surface area contributed by atoms with Crippen molar-refractivity contribution in [2.75, 3.05) is 26.9 Å². The van der Waals surface area contributed by atoms with Crippen LogP contribution in [0.3, 0.4) is 0 Å². The number of hydrogen-bond donors (Lipinski definition) is 2. The van der Waals surface area contributed by atoms with E-state index in [1.54, 1.807) is 13.3 Å². The molecule has 0 unspecified atom stereocenters. The lowest BCUT2D eigenvalue weighted by atomic mass is 10.1. The summed E-state index contributed by atoms with van der Waals surface area (Å²) >= 11 is 0. The Kier molecular flexibility index (Phi) is 5.34. The molecule has 1 aromatic heterocycles. The summed E-state index contributed by atoms with van der Waals surface area (Å²) in [5.41, 5.74) is 1.83. The minimum Gasteiger partial charge on any atom is -0.455 e. The fourth-order valence-electron chi connectivity index (χ4n) is 1.97. The zero-order valence-electron chi connectivity index (χ0n) is 11.8. The molecular weight excluding hydrogens is 272 g/mol. The summed E-state index contributed by atoms with van der Waals surface area (Å²) in [6, 6.07) is 7.71. The largest absolute Gasteiger partial charge is 0.455 e. The number of rotatable bonds is 7. The molecule has 0 saturated heterocycles. The fraction of sp³-hybridized carbons (Fsp3) is 0.333. The molecule has 6 heteroatoms. The van der Waals surface area contributed by atoms with Gasteiger partial charge in [0.15, 0.2) is 6.61 Å². The van der Waals surface area contributed by atoms with Crippen LogP contribution in [0.25, 0.3) is 10.9 Å². The molecule has 0 aliphatic rings. The Balaban J connectivity index is 1.81. The molecule has 0 saturated carbocycles. The van der Waals surface area contributed by atoms with Gasteiger partial charge in [-0.2, -0.15) is 0 Å². The van der Waals surface area contributed by atoms with Gasteiger partial charge in [-0.05, 0) is 11.6 Å². The first-order valence-corrected chi connectivity index (χ1v) is 6.67. The molecule has 2 rings (SSSR count). The Bertz CT molecular complexity index is 621. The molecule has 0 aliphatic heterocycles. The van der Waals surface area contributed by atoms with Crippen molar-refractivity contribution in [2.24, 2.45) is 0 Å². The molecule has 0 spiro atoms. The topological polar surface area (TPSA) is 80.4 Å². The van der Waals surface area contributed by atoms with Gasteiger partial charge in [-0.15, -0.1) is 0 Å². The summed E-state index contributed by atoms with van der Waals surface area (Å²) in [5, 5.41) is 3.57. The first kappa shape index (κ1) is 15.1. The SMILES string of the molecule is COCCNC(=O)COC(=O)Cc1c[nH]c2ccccc12. The molecule has 0 bridgehead atoms. The highest BCUT2D eigenvalue weighted by molar-refractivity contribution is 5.88. The third-order valence-corrected chi connectivity index (χ3v) is 3.00. The highest BCUT2D eigenvalue weighted by Crippen LogP contribution is 2.18. The van der Waals surface area contributed by atoms with E-state index in [0.29, 0.717) is 13.2 Å². The number of amides is 1. The van der Waals surface area contributed by atoms with Crippen molar-refractivity contribution in [2.45, 2.75) is 6.42 Å². The molecule has 1 aromatic carbocycles. The van der Waals surface area contributed by atoms with Gasteiger partial charge in [0, 0.05) is 30.8 Å². The highest BCUT2D eigenvalue weighted by Gasteiger charge is 2.11. The van der Waals surface area contributed by atoms with Crippen LogP contribution in [0.1, 0.15) is 5.56 Å². The number of methoxy groups -OCH3 is 1. The number of nitrogens with one attached hydrogen (secondary N) is 2. The van der Waals surface area contributed by atoms with Crippen molar-refractivity contribution in [3.63, 3.8) is 0 Å². The normalized spacial score (nSPS) is 10.5. The lowest BCUT2D eigenvalue weighted by molar-refractivity contribution is -0.147. The predicted molar refractivity (Wildman–Crippen MR) is 77.8 cm³/mol. The Morgan fingerprint density at radius 2 is 2.10 bits per heavy atom. The summed E-state index contributed by atoms with van der Waals surface area (Å²) in [6.07, 6.45) is 1.92. The van der Waals surface area contributed by atoms with E-state index >= 15 is 0 Å². The molecule has 2 N–H and O–H groups in total. The summed E-state index contributed by atoms with van der Waals surface area (Å²) in [6.45, 7) is 0.551. The van der Waals surface area contributed by atoms with Gasteiger partial charge in [0.1, 0.15) is 0 Å². The van der Waals surface area contributed by atoms with E-state index in [9.17, 15) is 9.59 Å². The number of carbonyl (C=O) groups is 2. The number of fused-ring (bicyclic) bond motifs is 1. The van der Waals surface area contributed by atoms with Crippen LogP contribution in [0.15, 0.2) is 30.5 Å². The average Bonchev–Trinajstić information content (AvgIpc) is 2.89. The number of benzene rings is 1. The van der Waals surface area contributed by atoms with Gasteiger partial charge in [-0.3, -0.25) is 9.59 Å². The third kappa shape index (κ3) is 4.32. The van der Waals surface area contributed by atoms with E-state index in [-0.39, 0.29) is 18.9 Å². The van der Waals surface area contributed by atoms with Crippen molar-refractivity contribution in [3.05, 3.63) is 36.0 Å². The molecule has 1 heterocycles. The van der Waals surface area contributed by atoms with E-state index in [4.69, 9.17) is 9.47 Å². The van der Waals surface area contributed by atoms with Crippen LogP contribution in [0.5, 0.6) is 0 Å². The van der Waals surface area contributed by atoms with Crippen LogP contribution in [0, 0.1) is 0 Å². The average molecular weight is 290 g/mol. The van der Waals surface area contributed by atoms with Crippen molar-refractivity contribution >= 4 is 22.8 Å². The summed E-state index contributed by atoms with van der Waals surface area (Å²) < 4.78 is 9.75. The number of esters is 1. The molecule has 0 radical (unpaired) electrons. The minimum absolute atomic E-state index is 0.134. The van der Waals surface area contributed by atoms with E-state index in [1.807, 2.05) is 24.3 Å². The Labute approximate surface area is 122 Å². The standard InChI is InChI=1S/C15H18N2O4/c1-20-7-6-16-14(18)10-21-15(19)8-11-9-17-13-5-3-2-4-12(11)13/h2-5,9,17H,6-8,10H2,1H3,(H,16,18). The summed E-state index contributed by atoms with van der Waals surface area (Å²) in [7, 11) is 1.55. The summed E-state index contributed by atoms with van der Waals surface area (Å²) in [4.78, 5) is 26.2. The molecule has 1 amide bonds. The molecule has 2 aromatic rings. The van der Waals surface area contributed by atoms with Crippen LogP contribution < -0.4 is 5.32 Å². The van der Waals surface area contributed by atoms with Crippen molar-refractivity contribution in [1.82, 2.24) is 10.3 Å². The van der Waals surface area contributed by atoms with Crippen molar-refractivity contribution < 1.29 is 19.1 Å². The first-order chi connectivity index (χ1) is 10.2. The maximum absolute atomic E-state index is 11.7. The van der Waals surface area contributed by atoms with Crippen LogP contribution in [0.2, 0.25) is 0 Å². The Hall–Kier alpha value is -2.34. The zero-order valence-corrected chi connectivity index (χ0v) is 11.8. The molecule has 21 heavy (non-hydrogen) atoms. The monoisotopic (exact) mass is 290 g/mol. The number of aromatic nitrogens is 1. The van der Waals surface area contributed by atoms with Crippen LogP contribution in [-0.2, 0) is 25.5 Å². The van der Waals surface area contributed by atoms with Crippen LogP contribution in [-0.4, -0.2) is 43.7 Å². The molecule has 112 valence electrons. The molecule has 0 fully saturated rings. The van der Waals surface area contributed by atoms with Gasteiger partial charge >= 0.3 is 5.97 Å². The van der Waals surface area contributed by atoms with Gasteiger partial charge < -0.3 is 19.8 Å². The Morgan fingerprint density at radius 1 is 1.29 bits per heavy atom. The maximum Gasteiger partial charge on any atom is 0.310 e. The van der Waals surface area contributed by atoms with E-state index in [1.165, 1.54) is 0 Å². The zero-order chi connectivity index (χ0) is 15.1. The van der Waals surface area contributed by atoms with Gasteiger partial charge in [0.25, 0.3) is 5.91 Å². The van der Waals surface area contributed by atoms with E-state index in [0.717, 1.165) is 16.5 Å².